The van der Waals surface area contributed by atoms with Crippen LogP contribution in [0, 0.1) is 5.95 Å². The van der Waals surface area contributed by atoms with Crippen LogP contribution in [0.4, 0.5) is 15.2 Å². The highest BCUT2D eigenvalue weighted by atomic mass is 19.1. The van der Waals surface area contributed by atoms with Crippen LogP contribution >= 0.6 is 0 Å². The molecule has 2 bridgehead atoms. The lowest BCUT2D eigenvalue weighted by molar-refractivity contribution is 0.177. The molecule has 1 saturated heterocycles. The van der Waals surface area contributed by atoms with Gasteiger partial charge in [-0.3, -0.25) is 5.32 Å². The molecule has 1 fully saturated rings. The zero-order valence-electron chi connectivity index (χ0n) is 14.3. The van der Waals surface area contributed by atoms with Gasteiger partial charge in [-0.25, -0.2) is 9.78 Å². The maximum atomic E-state index is 14.0. The fourth-order valence-electron chi connectivity index (χ4n) is 4.05. The van der Waals surface area contributed by atoms with Gasteiger partial charge in [0.1, 0.15) is 0 Å². The van der Waals surface area contributed by atoms with Gasteiger partial charge in [-0.05, 0) is 43.0 Å². The Morgan fingerprint density at radius 2 is 2.04 bits per heavy atom. The molecular formula is C19H16FN5O2. The highest BCUT2D eigenvalue weighted by molar-refractivity contribution is 5.88. The zero-order chi connectivity index (χ0) is 18.4. The lowest BCUT2D eigenvalue weighted by Crippen LogP contribution is -2.44. The van der Waals surface area contributed by atoms with E-state index in [1.807, 2.05) is 30.3 Å². The van der Waals surface area contributed by atoms with Crippen LogP contribution in [0.25, 0.3) is 11.5 Å². The Morgan fingerprint density at radius 3 is 2.89 bits per heavy atom. The summed E-state index contributed by atoms with van der Waals surface area (Å²) in [5.74, 6) is -0.0973. The van der Waals surface area contributed by atoms with Crippen molar-refractivity contribution in [3.05, 3.63) is 59.7 Å². The lowest BCUT2D eigenvalue weighted by atomic mass is 9.95. The minimum absolute atomic E-state index is 0.0463. The SMILES string of the molecule is O=C(Nc1nnc(-c2ccccc2)o1)N1[C@H]2CC[C@@H]1c1ccnc(F)c1C2. The number of hydrogen-bond acceptors (Lipinski definition) is 5. The molecule has 2 aliphatic rings. The van der Waals surface area contributed by atoms with Crippen LogP contribution in [0.2, 0.25) is 0 Å². The molecule has 4 heterocycles. The predicted molar refractivity (Wildman–Crippen MR) is 94.3 cm³/mol. The van der Waals surface area contributed by atoms with Crippen molar-refractivity contribution in [2.75, 3.05) is 5.32 Å². The standard InChI is InChI=1S/C19H16FN5O2/c20-16-14-10-12-6-7-15(13(14)8-9-21-16)25(12)19(26)22-18-24-23-17(27-18)11-4-2-1-3-5-11/h1-5,8-9,12,15H,6-7,10H2,(H,22,24,26)/t12-,15+/m0/s1. The van der Waals surface area contributed by atoms with Gasteiger partial charge in [-0.15, -0.1) is 5.10 Å². The number of anilines is 1. The van der Waals surface area contributed by atoms with Crippen LogP contribution in [-0.4, -0.2) is 32.2 Å². The van der Waals surface area contributed by atoms with Crippen LogP contribution in [-0.2, 0) is 6.42 Å². The topological polar surface area (TPSA) is 84.2 Å². The Morgan fingerprint density at radius 1 is 1.19 bits per heavy atom. The minimum Gasteiger partial charge on any atom is -0.403 e. The highest BCUT2D eigenvalue weighted by Gasteiger charge is 2.44. The van der Waals surface area contributed by atoms with E-state index in [-0.39, 0.29) is 24.1 Å². The summed E-state index contributed by atoms with van der Waals surface area (Å²) in [5, 5.41) is 10.6. The van der Waals surface area contributed by atoms with Gasteiger partial charge in [-0.1, -0.05) is 23.3 Å². The van der Waals surface area contributed by atoms with E-state index < -0.39 is 5.95 Å². The molecule has 2 amide bonds. The number of carbonyl (C=O) groups excluding carboxylic acids is 1. The molecular weight excluding hydrogens is 349 g/mol. The second-order valence-corrected chi connectivity index (χ2v) is 6.74. The fraction of sp³-hybridized carbons (Fsp3) is 0.263. The van der Waals surface area contributed by atoms with Gasteiger partial charge >= 0.3 is 12.0 Å². The molecule has 2 aliphatic heterocycles. The van der Waals surface area contributed by atoms with Gasteiger partial charge in [-0.2, -0.15) is 4.39 Å². The normalized spacial score (nSPS) is 20.4. The van der Waals surface area contributed by atoms with E-state index in [9.17, 15) is 9.18 Å². The molecule has 1 N–H and O–H groups in total. The molecule has 8 heteroatoms. The van der Waals surface area contributed by atoms with E-state index in [0.717, 1.165) is 24.0 Å². The first-order valence-electron chi connectivity index (χ1n) is 8.82. The van der Waals surface area contributed by atoms with Crippen molar-refractivity contribution in [1.29, 1.82) is 0 Å². The summed E-state index contributed by atoms with van der Waals surface area (Å²) in [6.07, 6.45) is 3.55. The lowest BCUT2D eigenvalue weighted by Gasteiger charge is -2.35. The molecule has 3 aromatic rings. The van der Waals surface area contributed by atoms with E-state index >= 15 is 0 Å². The Hall–Kier alpha value is -3.29. The van der Waals surface area contributed by atoms with E-state index in [2.05, 4.69) is 20.5 Å². The maximum Gasteiger partial charge on any atom is 0.326 e. The summed E-state index contributed by atoms with van der Waals surface area (Å²) in [6.45, 7) is 0. The average molecular weight is 365 g/mol. The second-order valence-electron chi connectivity index (χ2n) is 6.74. The molecule has 0 saturated carbocycles. The maximum absolute atomic E-state index is 14.0. The summed E-state index contributed by atoms with van der Waals surface area (Å²) in [4.78, 5) is 18.3. The number of amides is 2. The Bertz CT molecular complexity index is 1010. The molecule has 0 spiro atoms. The number of carbonyl (C=O) groups is 1. The summed E-state index contributed by atoms with van der Waals surface area (Å²) in [5.41, 5.74) is 2.24. The van der Waals surface area contributed by atoms with Crippen molar-refractivity contribution >= 4 is 12.0 Å². The third-order valence-electron chi connectivity index (χ3n) is 5.23. The second kappa shape index (κ2) is 6.15. The van der Waals surface area contributed by atoms with Crippen LogP contribution in [0.15, 0.2) is 47.0 Å². The zero-order valence-corrected chi connectivity index (χ0v) is 14.3. The number of nitrogens with one attached hydrogen (secondary N) is 1. The van der Waals surface area contributed by atoms with Crippen molar-refractivity contribution in [2.45, 2.75) is 31.3 Å². The molecule has 1 aromatic carbocycles. The monoisotopic (exact) mass is 365 g/mol. The van der Waals surface area contributed by atoms with Crippen LogP contribution in [0.1, 0.15) is 30.0 Å². The molecule has 0 radical (unpaired) electrons. The molecule has 2 aromatic heterocycles. The van der Waals surface area contributed by atoms with Crippen molar-refractivity contribution in [3.63, 3.8) is 0 Å². The van der Waals surface area contributed by atoms with Crippen LogP contribution in [0.3, 0.4) is 0 Å². The predicted octanol–water partition coefficient (Wildman–Crippen LogP) is 3.56. The van der Waals surface area contributed by atoms with Crippen molar-refractivity contribution < 1.29 is 13.6 Å². The summed E-state index contributed by atoms with van der Waals surface area (Å²) < 4.78 is 19.6. The third-order valence-corrected chi connectivity index (χ3v) is 5.23. The van der Waals surface area contributed by atoms with Crippen LogP contribution in [0.5, 0.6) is 0 Å². The van der Waals surface area contributed by atoms with Gasteiger partial charge in [0.15, 0.2) is 0 Å². The molecule has 5 rings (SSSR count). The number of benzene rings is 1. The number of fused-ring (bicyclic) bond motifs is 4. The summed E-state index contributed by atoms with van der Waals surface area (Å²) >= 11 is 0. The van der Waals surface area contributed by atoms with E-state index in [4.69, 9.17) is 4.42 Å². The van der Waals surface area contributed by atoms with Gasteiger partial charge in [0.25, 0.3) is 0 Å². The van der Waals surface area contributed by atoms with Crippen LogP contribution < -0.4 is 5.32 Å². The molecule has 2 atom stereocenters. The first-order chi connectivity index (χ1) is 13.2. The first-order valence-corrected chi connectivity index (χ1v) is 8.82. The van der Waals surface area contributed by atoms with E-state index in [0.29, 0.717) is 17.9 Å². The number of urea groups is 1. The number of hydrogen-bond donors (Lipinski definition) is 1. The Balaban J connectivity index is 1.37. The Labute approximate surface area is 154 Å². The molecule has 0 aliphatic carbocycles. The van der Waals surface area contributed by atoms with Crippen molar-refractivity contribution in [3.8, 4) is 11.5 Å². The highest BCUT2D eigenvalue weighted by Crippen LogP contribution is 2.44. The number of rotatable bonds is 2. The minimum atomic E-state index is -0.436. The van der Waals surface area contributed by atoms with E-state index in [1.54, 1.807) is 11.0 Å². The van der Waals surface area contributed by atoms with Gasteiger partial charge < -0.3 is 9.32 Å². The summed E-state index contributed by atoms with van der Waals surface area (Å²) in [6, 6.07) is 10.6. The summed E-state index contributed by atoms with van der Waals surface area (Å²) in [7, 11) is 0. The fourth-order valence-corrected chi connectivity index (χ4v) is 4.05. The number of pyridine rings is 1. The van der Waals surface area contributed by atoms with Crippen molar-refractivity contribution in [2.24, 2.45) is 0 Å². The van der Waals surface area contributed by atoms with Crippen molar-refractivity contribution in [1.82, 2.24) is 20.1 Å². The van der Waals surface area contributed by atoms with Gasteiger partial charge in [0.05, 0.1) is 6.04 Å². The number of halogens is 1. The number of nitrogens with zero attached hydrogens (tertiary/aromatic N) is 4. The smallest absolute Gasteiger partial charge is 0.326 e. The third kappa shape index (κ3) is 2.64. The number of aromatic nitrogens is 3. The molecule has 0 unspecified atom stereocenters. The quantitative estimate of drug-likeness (QED) is 0.702. The van der Waals surface area contributed by atoms with E-state index in [1.165, 1.54) is 6.20 Å². The Kier molecular flexibility index (Phi) is 3.63. The van der Waals surface area contributed by atoms with Gasteiger partial charge in [0, 0.05) is 23.4 Å². The first kappa shape index (κ1) is 15.9. The largest absolute Gasteiger partial charge is 0.403 e. The average Bonchev–Trinajstić information content (AvgIpc) is 3.27. The molecule has 136 valence electrons. The van der Waals surface area contributed by atoms with Gasteiger partial charge in [0.2, 0.25) is 11.8 Å². The molecule has 27 heavy (non-hydrogen) atoms. The molecule has 7 nitrogen and oxygen atoms in total.